The quantitative estimate of drug-likeness (QED) is 0.763. The highest BCUT2D eigenvalue weighted by Gasteiger charge is 2.30. The molecule has 4 rings (SSSR count). The molecule has 0 radical (unpaired) electrons. The molecular weight excluding hydrogens is 370 g/mol. The smallest absolute Gasteiger partial charge is 0.290 e. The lowest BCUT2D eigenvalue weighted by molar-refractivity contribution is -0.130. The molecule has 3 heterocycles. The van der Waals surface area contributed by atoms with E-state index in [1.807, 2.05) is 30.3 Å². The molecule has 0 aliphatic carbocycles. The van der Waals surface area contributed by atoms with Gasteiger partial charge in [-0.3, -0.25) is 14.4 Å². The number of rotatable bonds is 5. The average molecular weight is 395 g/mol. The number of amides is 3. The van der Waals surface area contributed by atoms with Crippen molar-refractivity contribution in [2.75, 3.05) is 33.2 Å². The van der Waals surface area contributed by atoms with Gasteiger partial charge >= 0.3 is 0 Å². The molecule has 0 bridgehead atoms. The van der Waals surface area contributed by atoms with Crippen molar-refractivity contribution in [1.29, 1.82) is 0 Å². The molecule has 2 aromatic rings. The van der Waals surface area contributed by atoms with Crippen molar-refractivity contribution in [2.24, 2.45) is 0 Å². The molecule has 0 N–H and O–H groups in total. The SMILES string of the molecule is CN(CC(=O)N1CCCC1)C(=O)c1cn2c(n1)C(=O)N(Cc1ccccc1)CC2. The van der Waals surface area contributed by atoms with Crippen molar-refractivity contribution in [3.8, 4) is 0 Å². The second-order valence-electron chi connectivity index (χ2n) is 7.60. The first-order valence-corrected chi connectivity index (χ1v) is 9.96. The van der Waals surface area contributed by atoms with Crippen LogP contribution in [0.25, 0.3) is 0 Å². The maximum Gasteiger partial charge on any atom is 0.290 e. The summed E-state index contributed by atoms with van der Waals surface area (Å²) in [6.45, 7) is 3.20. The number of likely N-dealkylation sites (tertiary alicyclic amines) is 1. The van der Waals surface area contributed by atoms with E-state index in [2.05, 4.69) is 4.98 Å². The Morgan fingerprint density at radius 1 is 1.07 bits per heavy atom. The van der Waals surface area contributed by atoms with Gasteiger partial charge in [0.2, 0.25) is 5.91 Å². The summed E-state index contributed by atoms with van der Waals surface area (Å²) in [6, 6.07) is 9.80. The van der Waals surface area contributed by atoms with Crippen LogP contribution in [0, 0.1) is 0 Å². The van der Waals surface area contributed by atoms with Gasteiger partial charge in [-0.2, -0.15) is 0 Å². The number of hydrogen-bond donors (Lipinski definition) is 0. The van der Waals surface area contributed by atoms with Crippen LogP contribution in [0.4, 0.5) is 0 Å². The minimum absolute atomic E-state index is 0.0229. The molecule has 0 atom stereocenters. The van der Waals surface area contributed by atoms with E-state index >= 15 is 0 Å². The van der Waals surface area contributed by atoms with Crippen molar-refractivity contribution in [3.63, 3.8) is 0 Å². The van der Waals surface area contributed by atoms with E-state index in [-0.39, 0.29) is 35.8 Å². The van der Waals surface area contributed by atoms with Gasteiger partial charge < -0.3 is 19.3 Å². The Morgan fingerprint density at radius 3 is 2.52 bits per heavy atom. The fourth-order valence-corrected chi connectivity index (χ4v) is 3.82. The first-order chi connectivity index (χ1) is 14.0. The Hall–Kier alpha value is -3.16. The lowest BCUT2D eigenvalue weighted by Gasteiger charge is -2.27. The van der Waals surface area contributed by atoms with Crippen molar-refractivity contribution >= 4 is 17.7 Å². The molecule has 1 saturated heterocycles. The van der Waals surface area contributed by atoms with Crippen LogP contribution in [0.1, 0.15) is 39.5 Å². The number of imidazole rings is 1. The zero-order valence-electron chi connectivity index (χ0n) is 16.6. The Morgan fingerprint density at radius 2 is 1.79 bits per heavy atom. The van der Waals surface area contributed by atoms with Crippen LogP contribution in [0.5, 0.6) is 0 Å². The van der Waals surface area contributed by atoms with Crippen molar-refractivity contribution < 1.29 is 14.4 Å². The Balaban J connectivity index is 1.43. The van der Waals surface area contributed by atoms with Crippen LogP contribution in [-0.2, 0) is 17.9 Å². The largest absolute Gasteiger partial charge is 0.341 e. The fraction of sp³-hybridized carbons (Fsp3) is 0.429. The predicted molar refractivity (Wildman–Crippen MR) is 106 cm³/mol. The van der Waals surface area contributed by atoms with Crippen LogP contribution in [-0.4, -0.2) is 75.2 Å². The molecule has 1 aromatic heterocycles. The van der Waals surface area contributed by atoms with Gasteiger partial charge in [0.05, 0.1) is 6.54 Å². The fourth-order valence-electron chi connectivity index (χ4n) is 3.82. The number of carbonyl (C=O) groups excluding carboxylic acids is 3. The van der Waals surface area contributed by atoms with Crippen LogP contribution < -0.4 is 0 Å². The third-order valence-corrected chi connectivity index (χ3v) is 5.48. The summed E-state index contributed by atoms with van der Waals surface area (Å²) < 4.78 is 1.73. The number of nitrogens with zero attached hydrogens (tertiary/aromatic N) is 5. The minimum atomic E-state index is -0.346. The summed E-state index contributed by atoms with van der Waals surface area (Å²) in [5, 5.41) is 0. The molecule has 2 aliphatic rings. The van der Waals surface area contributed by atoms with Gasteiger partial charge in [-0.15, -0.1) is 0 Å². The second-order valence-corrected chi connectivity index (χ2v) is 7.60. The molecule has 29 heavy (non-hydrogen) atoms. The zero-order chi connectivity index (χ0) is 20.4. The van der Waals surface area contributed by atoms with E-state index < -0.39 is 0 Å². The monoisotopic (exact) mass is 395 g/mol. The number of benzene rings is 1. The molecular formula is C21H25N5O3. The normalized spacial score (nSPS) is 16.1. The van der Waals surface area contributed by atoms with Crippen LogP contribution in [0.2, 0.25) is 0 Å². The highest BCUT2D eigenvalue weighted by molar-refractivity contribution is 5.97. The lowest BCUT2D eigenvalue weighted by atomic mass is 10.2. The third-order valence-electron chi connectivity index (χ3n) is 5.48. The van der Waals surface area contributed by atoms with E-state index in [4.69, 9.17) is 0 Å². The lowest BCUT2D eigenvalue weighted by Crippen LogP contribution is -2.40. The number of likely N-dealkylation sites (N-methyl/N-ethyl adjacent to an activating group) is 1. The van der Waals surface area contributed by atoms with Crippen molar-refractivity contribution in [3.05, 3.63) is 53.6 Å². The van der Waals surface area contributed by atoms with Gasteiger partial charge in [-0.25, -0.2) is 4.98 Å². The van der Waals surface area contributed by atoms with Crippen LogP contribution >= 0.6 is 0 Å². The average Bonchev–Trinajstić information content (AvgIpc) is 3.40. The Bertz CT molecular complexity index is 918. The summed E-state index contributed by atoms with van der Waals surface area (Å²) in [5.74, 6) is -0.306. The molecule has 1 fully saturated rings. The van der Waals surface area contributed by atoms with Crippen molar-refractivity contribution in [2.45, 2.75) is 25.9 Å². The molecule has 8 heteroatoms. The van der Waals surface area contributed by atoms with E-state index in [9.17, 15) is 14.4 Å². The van der Waals surface area contributed by atoms with Gasteiger partial charge in [0.1, 0.15) is 5.69 Å². The minimum Gasteiger partial charge on any atom is -0.341 e. The van der Waals surface area contributed by atoms with E-state index in [0.717, 1.165) is 31.5 Å². The molecule has 3 amide bonds. The molecule has 0 unspecified atom stereocenters. The standard InChI is InChI=1S/C21H25N5O3/c1-23(15-18(27)24-9-5-6-10-24)20(28)17-14-25-11-12-26(21(29)19(25)22-17)13-16-7-3-2-4-8-16/h2-4,7-8,14H,5-6,9-13,15H2,1H3. The summed E-state index contributed by atoms with van der Waals surface area (Å²) >= 11 is 0. The number of fused-ring (bicyclic) bond motifs is 1. The molecule has 2 aliphatic heterocycles. The Labute approximate surface area is 169 Å². The summed E-state index contributed by atoms with van der Waals surface area (Å²) in [6.07, 6.45) is 3.64. The number of aromatic nitrogens is 2. The van der Waals surface area contributed by atoms with Gasteiger partial charge in [-0.05, 0) is 18.4 Å². The van der Waals surface area contributed by atoms with Gasteiger partial charge in [0.15, 0.2) is 5.82 Å². The topological polar surface area (TPSA) is 78.8 Å². The van der Waals surface area contributed by atoms with Gasteiger partial charge in [0, 0.05) is 46.0 Å². The second kappa shape index (κ2) is 8.06. The third kappa shape index (κ3) is 4.01. The Kier molecular flexibility index (Phi) is 5.33. The first-order valence-electron chi connectivity index (χ1n) is 9.96. The zero-order valence-corrected chi connectivity index (χ0v) is 16.6. The molecule has 152 valence electrons. The maximum absolute atomic E-state index is 12.8. The first kappa shape index (κ1) is 19.2. The maximum atomic E-state index is 12.8. The number of hydrogen-bond acceptors (Lipinski definition) is 4. The molecule has 0 saturated carbocycles. The van der Waals surface area contributed by atoms with Crippen molar-refractivity contribution in [1.82, 2.24) is 24.3 Å². The molecule has 0 spiro atoms. The van der Waals surface area contributed by atoms with Gasteiger partial charge in [-0.1, -0.05) is 30.3 Å². The summed E-state index contributed by atoms with van der Waals surface area (Å²) in [7, 11) is 1.60. The highest BCUT2D eigenvalue weighted by atomic mass is 16.2. The number of carbonyl (C=O) groups is 3. The summed E-state index contributed by atoms with van der Waals surface area (Å²) in [5.41, 5.74) is 1.25. The summed E-state index contributed by atoms with van der Waals surface area (Å²) in [4.78, 5) is 47.1. The molecule has 8 nitrogen and oxygen atoms in total. The highest BCUT2D eigenvalue weighted by Crippen LogP contribution is 2.17. The predicted octanol–water partition coefficient (Wildman–Crippen LogP) is 1.23. The van der Waals surface area contributed by atoms with E-state index in [0.29, 0.717) is 19.6 Å². The van der Waals surface area contributed by atoms with Crippen LogP contribution in [0.3, 0.4) is 0 Å². The van der Waals surface area contributed by atoms with Crippen LogP contribution in [0.15, 0.2) is 36.5 Å². The van der Waals surface area contributed by atoms with Gasteiger partial charge in [0.25, 0.3) is 11.8 Å². The molecule has 1 aromatic carbocycles. The van der Waals surface area contributed by atoms with E-state index in [1.165, 1.54) is 4.90 Å². The van der Waals surface area contributed by atoms with E-state index in [1.54, 1.807) is 27.6 Å².